The molecule has 0 bridgehead atoms. The van der Waals surface area contributed by atoms with Crippen LogP contribution in [0.2, 0.25) is 10.0 Å². The fourth-order valence-electron chi connectivity index (χ4n) is 3.59. The molecular formula is C24H24Cl2N4O. The van der Waals surface area contributed by atoms with Crippen LogP contribution in [0.4, 0.5) is 22.7 Å². The van der Waals surface area contributed by atoms with Crippen molar-refractivity contribution < 1.29 is 4.79 Å². The van der Waals surface area contributed by atoms with Gasteiger partial charge in [-0.05, 0) is 55.0 Å². The molecule has 3 aromatic rings. The number of hydrogen-bond donors (Lipinski definition) is 3. The number of hydrogen-bond acceptors (Lipinski definition) is 4. The van der Waals surface area contributed by atoms with E-state index in [1.165, 1.54) is 0 Å². The Hall–Kier alpha value is -2.73. The zero-order valence-electron chi connectivity index (χ0n) is 17.2. The molecule has 0 aliphatic carbocycles. The Morgan fingerprint density at radius 1 is 0.903 bits per heavy atom. The first-order chi connectivity index (χ1) is 15.0. The van der Waals surface area contributed by atoms with Crippen LogP contribution in [0.25, 0.3) is 0 Å². The van der Waals surface area contributed by atoms with Gasteiger partial charge >= 0.3 is 0 Å². The number of amides is 1. The summed E-state index contributed by atoms with van der Waals surface area (Å²) in [5.41, 5.74) is 4.63. The van der Waals surface area contributed by atoms with Gasteiger partial charge in [0.2, 0.25) is 0 Å². The van der Waals surface area contributed by atoms with Crippen molar-refractivity contribution in [3.8, 4) is 0 Å². The number of benzene rings is 3. The second-order valence-electron chi connectivity index (χ2n) is 7.44. The summed E-state index contributed by atoms with van der Waals surface area (Å²) < 4.78 is 0. The summed E-state index contributed by atoms with van der Waals surface area (Å²) >= 11 is 12.7. The van der Waals surface area contributed by atoms with E-state index in [0.717, 1.165) is 43.1 Å². The number of nitrogens with one attached hydrogen (secondary N) is 3. The Kier molecular flexibility index (Phi) is 6.66. The van der Waals surface area contributed by atoms with Gasteiger partial charge < -0.3 is 20.9 Å². The molecule has 7 heteroatoms. The molecule has 1 amide bonds. The first-order valence-corrected chi connectivity index (χ1v) is 11.0. The van der Waals surface area contributed by atoms with E-state index in [4.69, 9.17) is 23.2 Å². The maximum absolute atomic E-state index is 13.1. The first-order valence-electron chi connectivity index (χ1n) is 10.2. The molecular weight excluding hydrogens is 431 g/mol. The number of carbonyl (C=O) groups is 1. The van der Waals surface area contributed by atoms with Crippen molar-refractivity contribution in [1.82, 2.24) is 5.32 Å². The maximum Gasteiger partial charge on any atom is 0.257 e. The molecule has 0 unspecified atom stereocenters. The molecule has 0 aromatic heterocycles. The predicted octanol–water partition coefficient (Wildman–Crippen LogP) is 5.71. The molecule has 1 aliphatic rings. The number of halogens is 2. The van der Waals surface area contributed by atoms with Crippen molar-refractivity contribution in [2.75, 3.05) is 41.7 Å². The zero-order valence-corrected chi connectivity index (χ0v) is 18.7. The molecule has 3 aromatic carbocycles. The zero-order chi connectivity index (χ0) is 21.8. The van der Waals surface area contributed by atoms with E-state index < -0.39 is 0 Å². The smallest absolute Gasteiger partial charge is 0.257 e. The summed E-state index contributed by atoms with van der Waals surface area (Å²) in [6, 6.07) is 18.8. The highest BCUT2D eigenvalue weighted by atomic mass is 35.5. The van der Waals surface area contributed by atoms with E-state index in [-0.39, 0.29) is 5.91 Å². The van der Waals surface area contributed by atoms with Gasteiger partial charge in [-0.3, -0.25) is 4.79 Å². The number of carbonyl (C=O) groups excluding carboxylic acids is 1. The number of anilines is 4. The SMILES string of the molecule is Cc1c(Cl)cccc1Nc1ccccc1C(=O)Nc1ccc(N2CCNCC2)cc1Cl. The lowest BCUT2D eigenvalue weighted by Crippen LogP contribution is -2.43. The third-order valence-corrected chi connectivity index (χ3v) is 6.11. The lowest BCUT2D eigenvalue weighted by Gasteiger charge is -2.29. The predicted molar refractivity (Wildman–Crippen MR) is 130 cm³/mol. The molecule has 0 atom stereocenters. The molecule has 0 saturated carbocycles. The summed E-state index contributed by atoms with van der Waals surface area (Å²) in [7, 11) is 0. The second kappa shape index (κ2) is 9.60. The largest absolute Gasteiger partial charge is 0.369 e. The molecule has 5 nitrogen and oxygen atoms in total. The number of para-hydroxylation sites is 1. The Morgan fingerprint density at radius 2 is 1.65 bits per heavy atom. The monoisotopic (exact) mass is 454 g/mol. The minimum absolute atomic E-state index is 0.236. The summed E-state index contributed by atoms with van der Waals surface area (Å²) in [6.07, 6.45) is 0. The quantitative estimate of drug-likeness (QED) is 0.462. The average molecular weight is 455 g/mol. The van der Waals surface area contributed by atoms with Gasteiger partial charge in [-0.25, -0.2) is 0 Å². The molecule has 4 rings (SSSR count). The Morgan fingerprint density at radius 3 is 2.42 bits per heavy atom. The van der Waals surface area contributed by atoms with Gasteiger partial charge in [0.15, 0.2) is 0 Å². The first kappa shape index (κ1) is 21.5. The van der Waals surface area contributed by atoms with Gasteiger partial charge in [0.25, 0.3) is 5.91 Å². The minimum Gasteiger partial charge on any atom is -0.369 e. The average Bonchev–Trinajstić information content (AvgIpc) is 2.79. The van der Waals surface area contributed by atoms with Crippen LogP contribution in [0, 0.1) is 6.92 Å². The van der Waals surface area contributed by atoms with E-state index in [1.54, 1.807) is 6.07 Å². The fourth-order valence-corrected chi connectivity index (χ4v) is 3.99. The topological polar surface area (TPSA) is 56.4 Å². The number of piperazine rings is 1. The van der Waals surface area contributed by atoms with Gasteiger partial charge in [0.1, 0.15) is 0 Å². The van der Waals surface area contributed by atoms with E-state index in [0.29, 0.717) is 27.0 Å². The lowest BCUT2D eigenvalue weighted by atomic mass is 10.1. The lowest BCUT2D eigenvalue weighted by molar-refractivity contribution is 0.102. The highest BCUT2D eigenvalue weighted by molar-refractivity contribution is 6.34. The normalized spacial score (nSPS) is 13.7. The van der Waals surface area contributed by atoms with Gasteiger partial charge in [0.05, 0.1) is 22.0 Å². The molecule has 3 N–H and O–H groups in total. The maximum atomic E-state index is 13.1. The summed E-state index contributed by atoms with van der Waals surface area (Å²) in [5, 5.41) is 10.8. The molecule has 160 valence electrons. The van der Waals surface area contributed by atoms with Crippen molar-refractivity contribution in [2.45, 2.75) is 6.92 Å². The van der Waals surface area contributed by atoms with Crippen LogP contribution < -0.4 is 20.9 Å². The van der Waals surface area contributed by atoms with Gasteiger partial charge in [-0.15, -0.1) is 0 Å². The summed E-state index contributed by atoms with van der Waals surface area (Å²) in [5.74, 6) is -0.236. The van der Waals surface area contributed by atoms with Crippen LogP contribution in [-0.4, -0.2) is 32.1 Å². The molecule has 1 aliphatic heterocycles. The third-order valence-electron chi connectivity index (χ3n) is 5.39. The van der Waals surface area contributed by atoms with Gasteiger partial charge in [-0.1, -0.05) is 41.4 Å². The summed E-state index contributed by atoms with van der Waals surface area (Å²) in [6.45, 7) is 5.71. The van der Waals surface area contributed by atoms with Crippen molar-refractivity contribution in [1.29, 1.82) is 0 Å². The number of rotatable bonds is 5. The molecule has 0 spiro atoms. The standard InChI is InChI=1S/C24H24Cl2N4O/c1-16-19(25)6-4-8-21(16)28-22-7-3-2-5-18(22)24(31)29-23-10-9-17(15-20(23)26)30-13-11-27-12-14-30/h2-10,15,27-28H,11-14H2,1H3,(H,29,31). The van der Waals surface area contributed by atoms with Crippen molar-refractivity contribution in [3.05, 3.63) is 81.8 Å². The molecule has 0 radical (unpaired) electrons. The third kappa shape index (κ3) is 4.96. The van der Waals surface area contributed by atoms with Crippen molar-refractivity contribution in [3.63, 3.8) is 0 Å². The van der Waals surface area contributed by atoms with Crippen LogP contribution >= 0.6 is 23.2 Å². The van der Waals surface area contributed by atoms with E-state index in [2.05, 4.69) is 20.9 Å². The molecule has 1 saturated heterocycles. The summed E-state index contributed by atoms with van der Waals surface area (Å²) in [4.78, 5) is 15.3. The van der Waals surface area contributed by atoms with Crippen LogP contribution in [0.3, 0.4) is 0 Å². The highest BCUT2D eigenvalue weighted by Crippen LogP contribution is 2.30. The van der Waals surface area contributed by atoms with Gasteiger partial charge in [0, 0.05) is 42.6 Å². The Bertz CT molecular complexity index is 1100. The second-order valence-corrected chi connectivity index (χ2v) is 8.25. The van der Waals surface area contributed by atoms with Crippen LogP contribution in [0.5, 0.6) is 0 Å². The van der Waals surface area contributed by atoms with E-state index in [9.17, 15) is 4.79 Å². The number of nitrogens with zero attached hydrogens (tertiary/aromatic N) is 1. The van der Waals surface area contributed by atoms with E-state index in [1.807, 2.05) is 61.5 Å². The van der Waals surface area contributed by atoms with Gasteiger partial charge in [-0.2, -0.15) is 0 Å². The van der Waals surface area contributed by atoms with Crippen molar-refractivity contribution in [2.24, 2.45) is 0 Å². The van der Waals surface area contributed by atoms with E-state index >= 15 is 0 Å². The Balaban J connectivity index is 1.53. The molecule has 1 fully saturated rings. The van der Waals surface area contributed by atoms with Crippen LogP contribution in [0.15, 0.2) is 60.7 Å². The highest BCUT2D eigenvalue weighted by Gasteiger charge is 2.16. The molecule has 1 heterocycles. The molecule has 31 heavy (non-hydrogen) atoms. The van der Waals surface area contributed by atoms with Crippen LogP contribution in [-0.2, 0) is 0 Å². The minimum atomic E-state index is -0.236. The Labute approximate surface area is 192 Å². The van der Waals surface area contributed by atoms with Crippen molar-refractivity contribution >= 4 is 51.9 Å². The van der Waals surface area contributed by atoms with Crippen LogP contribution in [0.1, 0.15) is 15.9 Å². The fraction of sp³-hybridized carbons (Fsp3) is 0.208.